The third-order valence-electron chi connectivity index (χ3n) is 1.64. The Morgan fingerprint density at radius 2 is 2.38 bits per heavy atom. The van der Waals surface area contributed by atoms with E-state index in [-0.39, 0.29) is 0 Å². The molecule has 0 aromatic carbocycles. The fraction of sp³-hybridized carbons (Fsp3) is 0.714. The predicted octanol–water partition coefficient (Wildman–Crippen LogP) is 1.27. The molecule has 8 heavy (non-hydrogen) atoms. The molecule has 0 radical (unpaired) electrons. The fourth-order valence-electron chi connectivity index (χ4n) is 0.872. The van der Waals surface area contributed by atoms with Crippen LogP contribution in [0.5, 0.6) is 0 Å². The zero-order valence-corrected chi connectivity index (χ0v) is 5.65. The molecule has 0 unspecified atom stereocenters. The summed E-state index contributed by atoms with van der Waals surface area (Å²) in [5.41, 5.74) is 1.54. The lowest BCUT2D eigenvalue weighted by Crippen LogP contribution is -2.23. The van der Waals surface area contributed by atoms with Crippen molar-refractivity contribution in [2.75, 3.05) is 20.1 Å². The SMILES string of the molecule is CC1=CCN(C)CC1. The van der Waals surface area contributed by atoms with Crippen LogP contribution in [0.3, 0.4) is 0 Å². The summed E-state index contributed by atoms with van der Waals surface area (Å²) in [5, 5.41) is 0. The zero-order valence-electron chi connectivity index (χ0n) is 5.65. The second-order valence-electron chi connectivity index (χ2n) is 2.56. The summed E-state index contributed by atoms with van der Waals surface area (Å²) in [6.45, 7) is 4.58. The zero-order chi connectivity index (χ0) is 5.98. The first-order valence-electron chi connectivity index (χ1n) is 3.13. The molecule has 1 heteroatoms. The van der Waals surface area contributed by atoms with Crippen LogP contribution in [0, 0.1) is 0 Å². The van der Waals surface area contributed by atoms with Crippen molar-refractivity contribution >= 4 is 0 Å². The minimum Gasteiger partial charge on any atom is -0.302 e. The third kappa shape index (κ3) is 1.34. The highest BCUT2D eigenvalue weighted by Crippen LogP contribution is 2.06. The second-order valence-corrected chi connectivity index (χ2v) is 2.56. The van der Waals surface area contributed by atoms with Gasteiger partial charge >= 0.3 is 0 Å². The molecule has 0 aromatic rings. The molecule has 0 amide bonds. The van der Waals surface area contributed by atoms with Crippen molar-refractivity contribution < 1.29 is 0 Å². The van der Waals surface area contributed by atoms with Crippen LogP contribution in [0.15, 0.2) is 11.6 Å². The van der Waals surface area contributed by atoms with Crippen LogP contribution in [0.1, 0.15) is 13.3 Å². The van der Waals surface area contributed by atoms with Gasteiger partial charge in [-0.3, -0.25) is 0 Å². The number of nitrogens with zero attached hydrogens (tertiary/aromatic N) is 1. The van der Waals surface area contributed by atoms with E-state index in [1.807, 2.05) is 0 Å². The molecular weight excluding hydrogens is 98.1 g/mol. The molecule has 0 fully saturated rings. The molecule has 0 aromatic heterocycles. The molecule has 46 valence electrons. The lowest BCUT2D eigenvalue weighted by Gasteiger charge is -2.19. The molecule has 1 aliphatic heterocycles. The highest BCUT2D eigenvalue weighted by atomic mass is 15.1. The van der Waals surface area contributed by atoms with Gasteiger partial charge in [-0.2, -0.15) is 0 Å². The van der Waals surface area contributed by atoms with Crippen molar-refractivity contribution in [1.29, 1.82) is 0 Å². The van der Waals surface area contributed by atoms with Crippen LogP contribution in [0.25, 0.3) is 0 Å². The van der Waals surface area contributed by atoms with Crippen LogP contribution in [-0.2, 0) is 0 Å². The van der Waals surface area contributed by atoms with E-state index in [1.54, 1.807) is 5.57 Å². The van der Waals surface area contributed by atoms with Crippen LogP contribution >= 0.6 is 0 Å². The molecule has 1 heterocycles. The maximum absolute atomic E-state index is 2.33. The standard InChI is InChI=1S/C7H13N/c1-7-3-5-8(2)6-4-7/h3H,4-6H2,1-2H3. The fourth-order valence-corrected chi connectivity index (χ4v) is 0.872. The molecule has 1 rings (SSSR count). The smallest absolute Gasteiger partial charge is 0.0162 e. The van der Waals surface area contributed by atoms with Crippen molar-refractivity contribution in [3.63, 3.8) is 0 Å². The average Bonchev–Trinajstić information content (AvgIpc) is 1.77. The van der Waals surface area contributed by atoms with E-state index in [9.17, 15) is 0 Å². The Morgan fingerprint density at radius 3 is 2.75 bits per heavy atom. The Balaban J connectivity index is 2.42. The first kappa shape index (κ1) is 5.83. The minimum absolute atomic E-state index is 1.14. The summed E-state index contributed by atoms with van der Waals surface area (Å²) in [6.07, 6.45) is 3.56. The summed E-state index contributed by atoms with van der Waals surface area (Å²) < 4.78 is 0. The maximum Gasteiger partial charge on any atom is 0.0162 e. The summed E-state index contributed by atoms with van der Waals surface area (Å²) in [7, 11) is 2.16. The van der Waals surface area contributed by atoms with Crippen molar-refractivity contribution in [3.05, 3.63) is 11.6 Å². The number of likely N-dealkylation sites (N-methyl/N-ethyl adjacent to an activating group) is 1. The molecule has 0 N–H and O–H groups in total. The van der Waals surface area contributed by atoms with Gasteiger partial charge in [0.2, 0.25) is 0 Å². The van der Waals surface area contributed by atoms with E-state index < -0.39 is 0 Å². The normalized spacial score (nSPS) is 23.0. The summed E-state index contributed by atoms with van der Waals surface area (Å²) in [4.78, 5) is 2.33. The lowest BCUT2D eigenvalue weighted by molar-refractivity contribution is 0.359. The first-order valence-corrected chi connectivity index (χ1v) is 3.13. The van der Waals surface area contributed by atoms with Crippen LogP contribution in [0.2, 0.25) is 0 Å². The average molecular weight is 111 g/mol. The van der Waals surface area contributed by atoms with Crippen molar-refractivity contribution in [2.24, 2.45) is 0 Å². The van der Waals surface area contributed by atoms with E-state index in [0.717, 1.165) is 6.54 Å². The minimum atomic E-state index is 1.14. The van der Waals surface area contributed by atoms with E-state index >= 15 is 0 Å². The Hall–Kier alpha value is -0.300. The molecule has 1 nitrogen and oxygen atoms in total. The summed E-state index contributed by atoms with van der Waals surface area (Å²) in [6, 6.07) is 0. The van der Waals surface area contributed by atoms with Gasteiger partial charge in [-0.15, -0.1) is 0 Å². The lowest BCUT2D eigenvalue weighted by atomic mass is 10.1. The van der Waals surface area contributed by atoms with Crippen molar-refractivity contribution in [2.45, 2.75) is 13.3 Å². The predicted molar refractivity (Wildman–Crippen MR) is 35.9 cm³/mol. The highest BCUT2D eigenvalue weighted by molar-refractivity contribution is 5.02. The molecule has 0 saturated carbocycles. The van der Waals surface area contributed by atoms with Crippen LogP contribution in [-0.4, -0.2) is 25.0 Å². The van der Waals surface area contributed by atoms with E-state index in [0.29, 0.717) is 0 Å². The number of hydrogen-bond acceptors (Lipinski definition) is 1. The Labute approximate surface area is 51.0 Å². The van der Waals surface area contributed by atoms with Crippen LogP contribution in [0.4, 0.5) is 0 Å². The topological polar surface area (TPSA) is 3.24 Å². The first-order chi connectivity index (χ1) is 3.79. The van der Waals surface area contributed by atoms with Gasteiger partial charge in [-0.1, -0.05) is 11.6 Å². The Bertz CT molecular complexity index is 105. The quantitative estimate of drug-likeness (QED) is 0.425. The van der Waals surface area contributed by atoms with Crippen LogP contribution < -0.4 is 0 Å². The molecule has 1 aliphatic rings. The molecular formula is C7H13N. The van der Waals surface area contributed by atoms with Gasteiger partial charge < -0.3 is 4.90 Å². The molecule has 0 bridgehead atoms. The molecule has 0 spiro atoms. The third-order valence-corrected chi connectivity index (χ3v) is 1.64. The van der Waals surface area contributed by atoms with Gasteiger partial charge in [0.25, 0.3) is 0 Å². The van der Waals surface area contributed by atoms with Gasteiger partial charge in [0, 0.05) is 13.1 Å². The second kappa shape index (κ2) is 2.31. The van der Waals surface area contributed by atoms with Gasteiger partial charge in [0.1, 0.15) is 0 Å². The monoisotopic (exact) mass is 111 g/mol. The summed E-state index contributed by atoms with van der Waals surface area (Å²) in [5.74, 6) is 0. The largest absolute Gasteiger partial charge is 0.302 e. The Kier molecular flexibility index (Phi) is 1.69. The highest BCUT2D eigenvalue weighted by Gasteiger charge is 2.01. The van der Waals surface area contributed by atoms with Gasteiger partial charge in [0.05, 0.1) is 0 Å². The molecule has 0 aliphatic carbocycles. The van der Waals surface area contributed by atoms with Gasteiger partial charge in [0.15, 0.2) is 0 Å². The van der Waals surface area contributed by atoms with Gasteiger partial charge in [-0.25, -0.2) is 0 Å². The Morgan fingerprint density at radius 1 is 1.62 bits per heavy atom. The molecule has 0 saturated heterocycles. The van der Waals surface area contributed by atoms with E-state index in [4.69, 9.17) is 0 Å². The number of rotatable bonds is 0. The van der Waals surface area contributed by atoms with Crippen molar-refractivity contribution in [3.8, 4) is 0 Å². The number of hydrogen-bond donors (Lipinski definition) is 0. The van der Waals surface area contributed by atoms with E-state index in [2.05, 4.69) is 24.9 Å². The van der Waals surface area contributed by atoms with Crippen molar-refractivity contribution in [1.82, 2.24) is 4.90 Å². The molecule has 0 atom stereocenters. The summed E-state index contributed by atoms with van der Waals surface area (Å²) >= 11 is 0. The van der Waals surface area contributed by atoms with E-state index in [1.165, 1.54) is 13.0 Å². The van der Waals surface area contributed by atoms with Gasteiger partial charge in [-0.05, 0) is 20.4 Å². The maximum atomic E-state index is 2.33.